The minimum absolute atomic E-state index is 0.0750. The highest BCUT2D eigenvalue weighted by atomic mass is 32.2. The average molecular weight is 330 g/mol. The summed E-state index contributed by atoms with van der Waals surface area (Å²) in [4.78, 5) is 0. The van der Waals surface area contributed by atoms with Crippen molar-refractivity contribution in [1.82, 2.24) is 9.62 Å². The van der Waals surface area contributed by atoms with Crippen LogP contribution in [-0.2, 0) is 14.8 Å². The van der Waals surface area contributed by atoms with Gasteiger partial charge in [0.05, 0.1) is 6.61 Å². The first-order valence-electron chi connectivity index (χ1n) is 7.32. The number of nitrogens with zero attached hydrogens (tertiary/aromatic N) is 1. The Morgan fingerprint density at radius 3 is 2.86 bits per heavy atom. The molecule has 1 spiro atoms. The van der Waals surface area contributed by atoms with Gasteiger partial charge < -0.3 is 10.1 Å². The predicted octanol–water partition coefficient (Wildman–Crippen LogP) is 1.38. The van der Waals surface area contributed by atoms with Crippen molar-refractivity contribution < 1.29 is 13.2 Å². The van der Waals surface area contributed by atoms with Crippen LogP contribution in [0.2, 0.25) is 0 Å². The molecule has 0 bridgehead atoms. The van der Waals surface area contributed by atoms with E-state index in [1.165, 1.54) is 11.3 Å². The quantitative estimate of drug-likeness (QED) is 0.906. The summed E-state index contributed by atoms with van der Waals surface area (Å²) in [6, 6.07) is 3.49. The molecule has 1 N–H and O–H groups in total. The smallest absolute Gasteiger partial charge is 0.252 e. The fraction of sp³-hybridized carbons (Fsp3) is 0.714. The molecular weight excluding hydrogens is 308 g/mol. The summed E-state index contributed by atoms with van der Waals surface area (Å²) in [6.07, 6.45) is 2.05. The topological polar surface area (TPSA) is 58.6 Å². The molecule has 1 unspecified atom stereocenters. The van der Waals surface area contributed by atoms with Gasteiger partial charge in [-0.05, 0) is 42.8 Å². The largest absolute Gasteiger partial charge is 0.384 e. The molecule has 3 heterocycles. The van der Waals surface area contributed by atoms with Gasteiger partial charge >= 0.3 is 0 Å². The van der Waals surface area contributed by atoms with Gasteiger partial charge in [0.2, 0.25) is 0 Å². The van der Waals surface area contributed by atoms with Gasteiger partial charge in [0.15, 0.2) is 0 Å². The van der Waals surface area contributed by atoms with Gasteiger partial charge in [-0.15, -0.1) is 11.3 Å². The van der Waals surface area contributed by atoms with Crippen LogP contribution in [0.3, 0.4) is 0 Å². The van der Waals surface area contributed by atoms with Crippen LogP contribution in [0, 0.1) is 11.3 Å². The standard InChI is InChI=1S/C14H22N2O3S2/c1-19-10-12-9-16(11-14(12)4-6-15-7-5-14)21(17,18)13-3-2-8-20-13/h2-3,8,12,15H,4-7,9-11H2,1H3. The molecule has 5 nitrogen and oxygen atoms in total. The second kappa shape index (κ2) is 5.96. The second-order valence-corrected chi connectivity index (χ2v) is 9.11. The van der Waals surface area contributed by atoms with E-state index in [0.29, 0.717) is 29.8 Å². The lowest BCUT2D eigenvalue weighted by atomic mass is 9.71. The Bertz CT molecular complexity index is 565. The van der Waals surface area contributed by atoms with Gasteiger partial charge in [0.1, 0.15) is 4.21 Å². The van der Waals surface area contributed by atoms with E-state index in [-0.39, 0.29) is 5.41 Å². The summed E-state index contributed by atoms with van der Waals surface area (Å²) in [6.45, 7) is 3.77. The third-order valence-corrected chi connectivity index (χ3v) is 8.02. The molecular formula is C14H22N2O3S2. The molecule has 0 aliphatic carbocycles. The van der Waals surface area contributed by atoms with Crippen molar-refractivity contribution in [3.63, 3.8) is 0 Å². The van der Waals surface area contributed by atoms with E-state index >= 15 is 0 Å². The van der Waals surface area contributed by atoms with Crippen molar-refractivity contribution in [2.45, 2.75) is 17.1 Å². The average Bonchev–Trinajstić information content (AvgIpc) is 3.11. The maximum Gasteiger partial charge on any atom is 0.252 e. The third-order valence-electron chi connectivity index (χ3n) is 4.84. The van der Waals surface area contributed by atoms with E-state index in [9.17, 15) is 8.42 Å². The van der Waals surface area contributed by atoms with E-state index in [2.05, 4.69) is 5.32 Å². The lowest BCUT2D eigenvalue weighted by Crippen LogP contribution is -2.43. The second-order valence-electron chi connectivity index (χ2n) is 5.99. The van der Waals surface area contributed by atoms with Crippen molar-refractivity contribution in [2.24, 2.45) is 11.3 Å². The minimum atomic E-state index is -3.35. The van der Waals surface area contributed by atoms with Crippen molar-refractivity contribution in [3.05, 3.63) is 17.5 Å². The van der Waals surface area contributed by atoms with Crippen LogP contribution in [-0.4, -0.2) is 52.6 Å². The summed E-state index contributed by atoms with van der Waals surface area (Å²) in [5.41, 5.74) is 0.0750. The molecule has 2 aliphatic heterocycles. The first-order valence-corrected chi connectivity index (χ1v) is 9.64. The summed E-state index contributed by atoms with van der Waals surface area (Å²) in [5.74, 6) is 0.291. The molecule has 2 aliphatic rings. The highest BCUT2D eigenvalue weighted by Gasteiger charge is 2.50. The molecule has 0 amide bonds. The number of hydrogen-bond donors (Lipinski definition) is 1. The van der Waals surface area contributed by atoms with Gasteiger partial charge in [-0.1, -0.05) is 6.07 Å². The Hall–Kier alpha value is -0.470. The number of thiophene rings is 1. The number of nitrogens with one attached hydrogen (secondary N) is 1. The van der Waals surface area contributed by atoms with E-state index < -0.39 is 10.0 Å². The molecule has 7 heteroatoms. The number of rotatable bonds is 4. The molecule has 21 heavy (non-hydrogen) atoms. The van der Waals surface area contributed by atoms with Crippen molar-refractivity contribution in [1.29, 1.82) is 0 Å². The van der Waals surface area contributed by atoms with E-state index in [1.807, 2.05) is 5.38 Å². The van der Waals surface area contributed by atoms with Crippen LogP contribution in [0.5, 0.6) is 0 Å². The van der Waals surface area contributed by atoms with Crippen LogP contribution in [0.1, 0.15) is 12.8 Å². The molecule has 3 rings (SSSR count). The molecule has 2 saturated heterocycles. The molecule has 0 radical (unpaired) electrons. The predicted molar refractivity (Wildman–Crippen MR) is 83.0 cm³/mol. The Balaban J connectivity index is 1.86. The van der Waals surface area contributed by atoms with Crippen LogP contribution in [0.4, 0.5) is 0 Å². The van der Waals surface area contributed by atoms with Crippen LogP contribution in [0.15, 0.2) is 21.7 Å². The van der Waals surface area contributed by atoms with Crippen molar-refractivity contribution in [3.8, 4) is 0 Å². The zero-order chi connectivity index (χ0) is 14.9. The van der Waals surface area contributed by atoms with Crippen LogP contribution in [0.25, 0.3) is 0 Å². The van der Waals surface area contributed by atoms with Crippen molar-refractivity contribution >= 4 is 21.4 Å². The number of methoxy groups -OCH3 is 1. The molecule has 1 aromatic heterocycles. The zero-order valence-corrected chi connectivity index (χ0v) is 13.9. The van der Waals surface area contributed by atoms with E-state index in [0.717, 1.165) is 25.9 Å². The zero-order valence-electron chi connectivity index (χ0n) is 12.2. The summed E-state index contributed by atoms with van der Waals surface area (Å²) in [5, 5.41) is 5.19. The highest BCUT2D eigenvalue weighted by molar-refractivity contribution is 7.91. The summed E-state index contributed by atoms with van der Waals surface area (Å²) < 4.78 is 33.0. The molecule has 0 saturated carbocycles. The SMILES string of the molecule is COCC1CN(S(=O)(=O)c2cccs2)CC12CCNCC2. The number of hydrogen-bond acceptors (Lipinski definition) is 5. The third kappa shape index (κ3) is 2.77. The normalized spacial score (nSPS) is 26.4. The number of ether oxygens (including phenoxy) is 1. The molecule has 0 aromatic carbocycles. The molecule has 118 valence electrons. The maximum atomic E-state index is 12.8. The maximum absolute atomic E-state index is 12.8. The Labute approximate surface area is 130 Å². The lowest BCUT2D eigenvalue weighted by Gasteiger charge is -2.38. The lowest BCUT2D eigenvalue weighted by molar-refractivity contribution is 0.0718. The number of sulfonamides is 1. The van der Waals surface area contributed by atoms with Gasteiger partial charge in [-0.3, -0.25) is 0 Å². The van der Waals surface area contributed by atoms with Gasteiger partial charge in [-0.2, -0.15) is 4.31 Å². The van der Waals surface area contributed by atoms with Gasteiger partial charge in [0.25, 0.3) is 10.0 Å². The van der Waals surface area contributed by atoms with E-state index in [4.69, 9.17) is 4.74 Å². The van der Waals surface area contributed by atoms with Gasteiger partial charge in [-0.25, -0.2) is 8.42 Å². The molecule has 1 atom stereocenters. The highest BCUT2D eigenvalue weighted by Crippen LogP contribution is 2.45. The monoisotopic (exact) mass is 330 g/mol. The van der Waals surface area contributed by atoms with Gasteiger partial charge in [0, 0.05) is 26.1 Å². The van der Waals surface area contributed by atoms with Crippen LogP contribution >= 0.6 is 11.3 Å². The molecule has 2 fully saturated rings. The first-order chi connectivity index (χ1) is 10.1. The number of piperidine rings is 1. The van der Waals surface area contributed by atoms with Crippen LogP contribution < -0.4 is 5.32 Å². The summed E-state index contributed by atoms with van der Waals surface area (Å²) >= 11 is 1.29. The van der Waals surface area contributed by atoms with Crippen molar-refractivity contribution in [2.75, 3.05) is 39.9 Å². The first kappa shape index (κ1) is 15.4. The Kier molecular flexibility index (Phi) is 4.38. The molecule has 1 aromatic rings. The fourth-order valence-electron chi connectivity index (χ4n) is 3.63. The minimum Gasteiger partial charge on any atom is -0.384 e. The van der Waals surface area contributed by atoms with E-state index in [1.54, 1.807) is 23.5 Å². The Morgan fingerprint density at radius 1 is 1.48 bits per heavy atom. The summed E-state index contributed by atoms with van der Waals surface area (Å²) in [7, 11) is -1.65. The fourth-order valence-corrected chi connectivity index (χ4v) is 6.35. The Morgan fingerprint density at radius 2 is 2.24 bits per heavy atom.